The van der Waals surface area contributed by atoms with Gasteiger partial charge < -0.3 is 14.8 Å². The average Bonchev–Trinajstić information content (AvgIpc) is 2.56. The fraction of sp³-hybridized carbons (Fsp3) is 0.294. The molecular formula is C17H19N3O2. The summed E-state index contributed by atoms with van der Waals surface area (Å²) in [6.07, 6.45) is 0. The summed E-state index contributed by atoms with van der Waals surface area (Å²) in [5, 5.41) is 3.25. The number of nitrogens with zero attached hydrogens (tertiary/aromatic N) is 2. The van der Waals surface area contributed by atoms with Crippen LogP contribution in [-0.2, 0) is 4.74 Å². The first-order valence-corrected chi connectivity index (χ1v) is 7.36. The Balaban J connectivity index is 1.76. The van der Waals surface area contributed by atoms with E-state index in [9.17, 15) is 0 Å². The van der Waals surface area contributed by atoms with Gasteiger partial charge in [0.1, 0.15) is 17.9 Å². The molecular weight excluding hydrogens is 278 g/mol. The van der Waals surface area contributed by atoms with Gasteiger partial charge in [-0.1, -0.05) is 18.2 Å². The zero-order valence-corrected chi connectivity index (χ0v) is 12.6. The molecule has 0 spiro atoms. The van der Waals surface area contributed by atoms with Crippen molar-refractivity contribution in [1.29, 1.82) is 0 Å². The van der Waals surface area contributed by atoms with Crippen LogP contribution in [0.3, 0.4) is 0 Å². The molecule has 0 bridgehead atoms. The molecule has 3 aromatic rings. The molecule has 0 radical (unpaired) electrons. The lowest BCUT2D eigenvalue weighted by molar-refractivity contribution is 0.197. The minimum atomic E-state index is 0.581. The van der Waals surface area contributed by atoms with E-state index in [0.717, 1.165) is 40.9 Å². The first-order chi connectivity index (χ1) is 10.9. The normalized spacial score (nSPS) is 11.1. The predicted molar refractivity (Wildman–Crippen MR) is 87.3 cm³/mol. The van der Waals surface area contributed by atoms with Gasteiger partial charge in [0, 0.05) is 20.2 Å². The molecule has 0 aliphatic carbocycles. The lowest BCUT2D eigenvalue weighted by Crippen LogP contribution is -2.24. The summed E-state index contributed by atoms with van der Waals surface area (Å²) in [6.45, 7) is 2.86. The minimum absolute atomic E-state index is 0.581. The van der Waals surface area contributed by atoms with Gasteiger partial charge in [-0.25, -0.2) is 9.97 Å². The average molecular weight is 297 g/mol. The predicted octanol–water partition coefficient (Wildman–Crippen LogP) is 2.40. The van der Waals surface area contributed by atoms with Gasteiger partial charge >= 0.3 is 0 Å². The SMILES string of the molecule is COCCNCCOc1cccc2nc3ccccc3nc12. The van der Waals surface area contributed by atoms with E-state index in [1.54, 1.807) is 7.11 Å². The Kier molecular flexibility index (Phi) is 4.78. The fourth-order valence-corrected chi connectivity index (χ4v) is 2.27. The van der Waals surface area contributed by atoms with Crippen LogP contribution in [0.25, 0.3) is 22.1 Å². The van der Waals surface area contributed by atoms with Crippen molar-refractivity contribution in [3.05, 3.63) is 42.5 Å². The monoisotopic (exact) mass is 297 g/mol. The van der Waals surface area contributed by atoms with Crippen molar-refractivity contribution in [1.82, 2.24) is 15.3 Å². The molecule has 2 aromatic carbocycles. The van der Waals surface area contributed by atoms with Crippen molar-refractivity contribution in [2.75, 3.05) is 33.4 Å². The highest BCUT2D eigenvalue weighted by atomic mass is 16.5. The molecule has 0 fully saturated rings. The van der Waals surface area contributed by atoms with Crippen LogP contribution in [-0.4, -0.2) is 43.4 Å². The fourth-order valence-electron chi connectivity index (χ4n) is 2.27. The third kappa shape index (κ3) is 3.32. The topological polar surface area (TPSA) is 56.3 Å². The number of hydrogen-bond donors (Lipinski definition) is 1. The van der Waals surface area contributed by atoms with E-state index >= 15 is 0 Å². The maximum atomic E-state index is 5.84. The Labute approximate surface area is 129 Å². The largest absolute Gasteiger partial charge is 0.490 e. The van der Waals surface area contributed by atoms with E-state index in [1.165, 1.54) is 0 Å². The van der Waals surface area contributed by atoms with E-state index in [1.807, 2.05) is 42.5 Å². The van der Waals surface area contributed by atoms with Crippen LogP contribution in [0, 0.1) is 0 Å². The summed E-state index contributed by atoms with van der Waals surface area (Å²) in [7, 11) is 1.69. The van der Waals surface area contributed by atoms with Gasteiger partial charge in [0.2, 0.25) is 0 Å². The number of benzene rings is 2. The second-order valence-electron chi connectivity index (χ2n) is 4.93. The van der Waals surface area contributed by atoms with E-state index in [2.05, 4.69) is 15.3 Å². The molecule has 1 aromatic heterocycles. The van der Waals surface area contributed by atoms with Crippen LogP contribution >= 0.6 is 0 Å². The minimum Gasteiger partial charge on any atom is -0.490 e. The van der Waals surface area contributed by atoms with Gasteiger partial charge in [-0.3, -0.25) is 0 Å². The van der Waals surface area contributed by atoms with Crippen molar-refractivity contribution < 1.29 is 9.47 Å². The number of ether oxygens (including phenoxy) is 2. The van der Waals surface area contributed by atoms with Crippen molar-refractivity contribution in [2.45, 2.75) is 0 Å². The molecule has 22 heavy (non-hydrogen) atoms. The van der Waals surface area contributed by atoms with Gasteiger partial charge in [-0.05, 0) is 24.3 Å². The highest BCUT2D eigenvalue weighted by molar-refractivity contribution is 5.89. The van der Waals surface area contributed by atoms with Gasteiger partial charge in [0.15, 0.2) is 0 Å². The van der Waals surface area contributed by atoms with Crippen LogP contribution in [0.4, 0.5) is 0 Å². The summed E-state index contributed by atoms with van der Waals surface area (Å²) >= 11 is 0. The summed E-state index contributed by atoms with van der Waals surface area (Å²) in [5.41, 5.74) is 3.43. The van der Waals surface area contributed by atoms with Crippen LogP contribution in [0.15, 0.2) is 42.5 Å². The molecule has 1 heterocycles. The summed E-state index contributed by atoms with van der Waals surface area (Å²) in [4.78, 5) is 9.31. The molecule has 0 saturated heterocycles. The maximum absolute atomic E-state index is 5.84. The standard InChI is InChI=1S/C17H19N3O2/c1-21-11-9-18-10-12-22-16-8-4-7-15-17(16)20-14-6-3-2-5-13(14)19-15/h2-8,18H,9-12H2,1H3. The Hall–Kier alpha value is -2.24. The summed E-state index contributed by atoms with van der Waals surface area (Å²) in [6, 6.07) is 13.7. The third-order valence-corrected chi connectivity index (χ3v) is 3.35. The smallest absolute Gasteiger partial charge is 0.147 e. The van der Waals surface area contributed by atoms with E-state index < -0.39 is 0 Å². The maximum Gasteiger partial charge on any atom is 0.147 e. The Morgan fingerprint density at radius 3 is 2.41 bits per heavy atom. The lowest BCUT2D eigenvalue weighted by atomic mass is 10.2. The van der Waals surface area contributed by atoms with Gasteiger partial charge in [0.05, 0.1) is 23.2 Å². The molecule has 0 saturated carbocycles. The number of aromatic nitrogens is 2. The van der Waals surface area contributed by atoms with E-state index in [0.29, 0.717) is 13.2 Å². The highest BCUT2D eigenvalue weighted by Crippen LogP contribution is 2.24. The quantitative estimate of drug-likeness (QED) is 0.536. The zero-order valence-electron chi connectivity index (χ0n) is 12.6. The third-order valence-electron chi connectivity index (χ3n) is 3.35. The number of methoxy groups -OCH3 is 1. The first-order valence-electron chi connectivity index (χ1n) is 7.36. The first kappa shape index (κ1) is 14.7. The van der Waals surface area contributed by atoms with Crippen molar-refractivity contribution in [2.24, 2.45) is 0 Å². The van der Waals surface area contributed by atoms with Gasteiger partial charge in [0.25, 0.3) is 0 Å². The molecule has 5 heteroatoms. The molecule has 0 aliphatic rings. The zero-order chi connectivity index (χ0) is 15.2. The van der Waals surface area contributed by atoms with Gasteiger partial charge in [-0.2, -0.15) is 0 Å². The van der Waals surface area contributed by atoms with Crippen LogP contribution < -0.4 is 10.1 Å². The van der Waals surface area contributed by atoms with Crippen LogP contribution in [0.5, 0.6) is 5.75 Å². The van der Waals surface area contributed by atoms with Gasteiger partial charge in [-0.15, -0.1) is 0 Å². The van der Waals surface area contributed by atoms with E-state index in [-0.39, 0.29) is 0 Å². The van der Waals surface area contributed by atoms with Crippen LogP contribution in [0.2, 0.25) is 0 Å². The molecule has 0 atom stereocenters. The van der Waals surface area contributed by atoms with Crippen molar-refractivity contribution in [3.8, 4) is 5.75 Å². The number of rotatable bonds is 7. The molecule has 3 rings (SSSR count). The summed E-state index contributed by atoms with van der Waals surface area (Å²) in [5.74, 6) is 0.768. The summed E-state index contributed by atoms with van der Waals surface area (Å²) < 4.78 is 10.8. The number of hydrogen-bond acceptors (Lipinski definition) is 5. The molecule has 1 N–H and O–H groups in total. The molecule has 114 valence electrons. The van der Waals surface area contributed by atoms with Crippen molar-refractivity contribution in [3.63, 3.8) is 0 Å². The molecule has 0 aliphatic heterocycles. The second kappa shape index (κ2) is 7.15. The number of fused-ring (bicyclic) bond motifs is 2. The second-order valence-corrected chi connectivity index (χ2v) is 4.93. The van der Waals surface area contributed by atoms with E-state index in [4.69, 9.17) is 9.47 Å². The molecule has 0 amide bonds. The highest BCUT2D eigenvalue weighted by Gasteiger charge is 2.06. The van der Waals surface area contributed by atoms with Crippen LogP contribution in [0.1, 0.15) is 0 Å². The Bertz CT molecular complexity index is 761. The Morgan fingerprint density at radius 2 is 1.59 bits per heavy atom. The molecule has 0 unspecified atom stereocenters. The number of para-hydroxylation sites is 3. The van der Waals surface area contributed by atoms with Crippen molar-refractivity contribution >= 4 is 22.1 Å². The Morgan fingerprint density at radius 1 is 0.864 bits per heavy atom. The number of nitrogens with one attached hydrogen (secondary N) is 1. The lowest BCUT2D eigenvalue weighted by Gasteiger charge is -2.09. The molecule has 5 nitrogen and oxygen atoms in total.